The van der Waals surface area contributed by atoms with Crippen LogP contribution in [0.4, 0.5) is 9.39 Å². The molecular formula is C29H28FN3OS. The highest BCUT2D eigenvalue weighted by molar-refractivity contribution is 7.16. The topological polar surface area (TPSA) is 46.4 Å². The van der Waals surface area contributed by atoms with Crippen molar-refractivity contribution in [1.29, 1.82) is 0 Å². The molecule has 5 rings (SSSR count). The number of benzene rings is 2. The maximum atomic E-state index is 13.4. The van der Waals surface area contributed by atoms with Crippen LogP contribution in [0, 0.1) is 19.7 Å². The van der Waals surface area contributed by atoms with Crippen LogP contribution in [0.1, 0.15) is 56.2 Å². The summed E-state index contributed by atoms with van der Waals surface area (Å²) in [7, 11) is 0. The number of fused-ring (bicyclic) bond motifs is 1. The SMILES string of the molecule is Cc1cc(/C=N\c2sc3c(c2C(=O)NCc2ccccc2)CCCC3)c(C)n1-c1ccc(F)cc1. The van der Waals surface area contributed by atoms with Crippen molar-refractivity contribution in [3.05, 3.63) is 105 Å². The van der Waals surface area contributed by atoms with Gasteiger partial charge in [-0.25, -0.2) is 9.38 Å². The van der Waals surface area contributed by atoms with Crippen LogP contribution in [0.5, 0.6) is 0 Å². The van der Waals surface area contributed by atoms with Crippen LogP contribution in [0.15, 0.2) is 65.7 Å². The second-order valence-electron chi connectivity index (χ2n) is 8.96. The minimum atomic E-state index is -0.252. The van der Waals surface area contributed by atoms with E-state index in [-0.39, 0.29) is 11.7 Å². The van der Waals surface area contributed by atoms with Crippen molar-refractivity contribution in [2.45, 2.75) is 46.1 Å². The molecule has 6 heteroatoms. The van der Waals surface area contributed by atoms with E-state index >= 15 is 0 Å². The van der Waals surface area contributed by atoms with Crippen LogP contribution in [-0.2, 0) is 19.4 Å². The fourth-order valence-electron chi connectivity index (χ4n) is 4.78. The van der Waals surface area contributed by atoms with Gasteiger partial charge in [-0.3, -0.25) is 4.79 Å². The number of carbonyl (C=O) groups is 1. The molecule has 2 heterocycles. The molecule has 1 N–H and O–H groups in total. The van der Waals surface area contributed by atoms with E-state index in [4.69, 9.17) is 4.99 Å². The molecule has 4 aromatic rings. The number of aliphatic imine (C=N–C) groups is 1. The van der Waals surface area contributed by atoms with Crippen molar-refractivity contribution in [3.63, 3.8) is 0 Å². The first-order valence-electron chi connectivity index (χ1n) is 12.0. The van der Waals surface area contributed by atoms with Crippen molar-refractivity contribution < 1.29 is 9.18 Å². The summed E-state index contributed by atoms with van der Waals surface area (Å²) in [5.74, 6) is -0.310. The molecule has 1 aliphatic carbocycles. The highest BCUT2D eigenvalue weighted by atomic mass is 32.1. The van der Waals surface area contributed by atoms with Gasteiger partial charge in [-0.1, -0.05) is 30.3 Å². The number of carbonyl (C=O) groups excluding carboxylic acids is 1. The van der Waals surface area contributed by atoms with E-state index < -0.39 is 0 Å². The molecule has 0 aliphatic heterocycles. The largest absolute Gasteiger partial charge is 0.348 e. The first-order chi connectivity index (χ1) is 17.0. The summed E-state index contributed by atoms with van der Waals surface area (Å²) < 4.78 is 15.5. The Bertz CT molecular complexity index is 1380. The molecule has 0 unspecified atom stereocenters. The molecule has 1 amide bonds. The number of aromatic nitrogens is 1. The summed E-state index contributed by atoms with van der Waals surface area (Å²) in [6.07, 6.45) is 6.04. The number of halogens is 1. The predicted octanol–water partition coefficient (Wildman–Crippen LogP) is 6.85. The Morgan fingerprint density at radius 3 is 2.60 bits per heavy atom. The standard InChI is InChI=1S/C29H28FN3OS/c1-19-16-22(20(2)33(19)24-14-12-23(30)13-15-24)18-32-29-27(25-10-6-7-11-26(25)35-29)28(34)31-17-21-8-4-3-5-9-21/h3-5,8-9,12-16,18H,6-7,10-11,17H2,1-2H3,(H,31,34)/b32-18-. The molecule has 0 radical (unpaired) electrons. The highest BCUT2D eigenvalue weighted by Crippen LogP contribution is 2.40. The monoisotopic (exact) mass is 485 g/mol. The maximum Gasteiger partial charge on any atom is 0.254 e. The van der Waals surface area contributed by atoms with E-state index in [2.05, 4.69) is 16.0 Å². The van der Waals surface area contributed by atoms with E-state index in [0.29, 0.717) is 6.54 Å². The number of nitrogens with zero attached hydrogens (tertiary/aromatic N) is 2. The zero-order valence-corrected chi connectivity index (χ0v) is 20.8. The van der Waals surface area contributed by atoms with E-state index in [0.717, 1.165) is 70.0 Å². The van der Waals surface area contributed by atoms with Gasteiger partial charge in [0.25, 0.3) is 5.91 Å². The Morgan fingerprint density at radius 1 is 1.09 bits per heavy atom. The lowest BCUT2D eigenvalue weighted by molar-refractivity contribution is 0.0951. The average Bonchev–Trinajstić information content (AvgIpc) is 3.38. The van der Waals surface area contributed by atoms with Gasteiger partial charge in [0.05, 0.1) is 5.56 Å². The van der Waals surface area contributed by atoms with Gasteiger partial charge in [-0.2, -0.15) is 0 Å². The lowest BCUT2D eigenvalue weighted by Gasteiger charge is -2.12. The smallest absolute Gasteiger partial charge is 0.254 e. The second kappa shape index (κ2) is 10.0. The van der Waals surface area contributed by atoms with E-state index in [1.807, 2.05) is 50.4 Å². The molecule has 1 aliphatic rings. The molecule has 178 valence electrons. The molecule has 35 heavy (non-hydrogen) atoms. The van der Waals surface area contributed by atoms with Crippen LogP contribution < -0.4 is 5.32 Å². The maximum absolute atomic E-state index is 13.4. The second-order valence-corrected chi connectivity index (χ2v) is 10.0. The summed E-state index contributed by atoms with van der Waals surface area (Å²) >= 11 is 1.64. The summed E-state index contributed by atoms with van der Waals surface area (Å²) in [6, 6.07) is 18.5. The lowest BCUT2D eigenvalue weighted by atomic mass is 9.95. The van der Waals surface area contributed by atoms with Crippen molar-refractivity contribution in [3.8, 4) is 5.69 Å². The molecule has 0 atom stereocenters. The number of aryl methyl sites for hydroxylation is 2. The number of nitrogens with one attached hydrogen (secondary N) is 1. The van der Waals surface area contributed by atoms with Crippen LogP contribution in [-0.4, -0.2) is 16.7 Å². The van der Waals surface area contributed by atoms with Crippen molar-refractivity contribution >= 4 is 28.5 Å². The molecule has 4 nitrogen and oxygen atoms in total. The predicted molar refractivity (Wildman–Crippen MR) is 141 cm³/mol. The Balaban J connectivity index is 1.45. The van der Waals surface area contributed by atoms with Gasteiger partial charge in [-0.05, 0) is 81.0 Å². The molecule has 2 aromatic heterocycles. The van der Waals surface area contributed by atoms with E-state index in [9.17, 15) is 9.18 Å². The molecule has 0 bridgehead atoms. The molecular weight excluding hydrogens is 457 g/mol. The Labute approximate surface area is 209 Å². The van der Waals surface area contributed by atoms with Crippen molar-refractivity contribution in [2.24, 2.45) is 4.99 Å². The van der Waals surface area contributed by atoms with Gasteiger partial charge in [0.1, 0.15) is 10.8 Å². The fraction of sp³-hybridized carbons (Fsp3) is 0.241. The minimum Gasteiger partial charge on any atom is -0.348 e. The van der Waals surface area contributed by atoms with E-state index in [1.54, 1.807) is 23.5 Å². The van der Waals surface area contributed by atoms with Crippen LogP contribution in [0.25, 0.3) is 5.69 Å². The van der Waals surface area contributed by atoms with Crippen molar-refractivity contribution in [2.75, 3.05) is 0 Å². The fourth-order valence-corrected chi connectivity index (χ4v) is 6.01. The van der Waals surface area contributed by atoms with Crippen LogP contribution in [0.3, 0.4) is 0 Å². The number of hydrogen-bond acceptors (Lipinski definition) is 3. The van der Waals surface area contributed by atoms with Crippen molar-refractivity contribution in [1.82, 2.24) is 9.88 Å². The summed E-state index contributed by atoms with van der Waals surface area (Å²) in [4.78, 5) is 19.4. The first-order valence-corrected chi connectivity index (χ1v) is 12.8. The van der Waals surface area contributed by atoms with Gasteiger partial charge < -0.3 is 9.88 Å². The van der Waals surface area contributed by atoms with Gasteiger partial charge in [-0.15, -0.1) is 11.3 Å². The molecule has 0 fully saturated rings. The number of amides is 1. The molecule has 2 aromatic carbocycles. The summed E-state index contributed by atoms with van der Waals surface area (Å²) in [5.41, 5.74) is 6.92. The Hall–Kier alpha value is -3.51. The first kappa shape index (κ1) is 23.2. The summed E-state index contributed by atoms with van der Waals surface area (Å²) in [5, 5.41) is 3.87. The Kier molecular flexibility index (Phi) is 6.64. The quantitative estimate of drug-likeness (QED) is 0.298. The summed E-state index contributed by atoms with van der Waals surface area (Å²) in [6.45, 7) is 4.55. The van der Waals surface area contributed by atoms with Gasteiger partial charge in [0.2, 0.25) is 0 Å². The van der Waals surface area contributed by atoms with Crippen LogP contribution in [0.2, 0.25) is 0 Å². The van der Waals surface area contributed by atoms with Gasteiger partial charge in [0.15, 0.2) is 0 Å². The lowest BCUT2D eigenvalue weighted by Crippen LogP contribution is -2.24. The third kappa shape index (κ3) is 4.84. The molecule has 0 saturated heterocycles. The number of thiophene rings is 1. The normalized spacial score (nSPS) is 13.2. The average molecular weight is 486 g/mol. The third-order valence-electron chi connectivity index (χ3n) is 6.55. The Morgan fingerprint density at radius 2 is 1.83 bits per heavy atom. The number of hydrogen-bond donors (Lipinski definition) is 1. The molecule has 0 saturated carbocycles. The zero-order chi connectivity index (χ0) is 24.4. The number of rotatable bonds is 6. The minimum absolute atomic E-state index is 0.0582. The molecule has 0 spiro atoms. The highest BCUT2D eigenvalue weighted by Gasteiger charge is 2.25. The van der Waals surface area contributed by atoms with E-state index in [1.165, 1.54) is 17.0 Å². The van der Waals surface area contributed by atoms with Gasteiger partial charge in [0, 0.05) is 40.3 Å². The van der Waals surface area contributed by atoms with Crippen LogP contribution >= 0.6 is 11.3 Å². The third-order valence-corrected chi connectivity index (χ3v) is 7.75. The zero-order valence-electron chi connectivity index (χ0n) is 20.0. The van der Waals surface area contributed by atoms with Gasteiger partial charge >= 0.3 is 0 Å².